The monoisotopic (exact) mass is 445 g/mol. The SMILES string of the molecule is CN1CCN(C(=O)C[C@@H]2CC[C@@H]3[C@H](COC[C@@H](O)CN3C(=O)Cc3ccccc3)O2)CC1. The van der Waals surface area contributed by atoms with Gasteiger partial charge in [0.2, 0.25) is 11.8 Å². The molecule has 0 aromatic heterocycles. The first-order chi connectivity index (χ1) is 15.5. The number of fused-ring (bicyclic) bond motifs is 1. The number of aliphatic hydroxyl groups excluding tert-OH is 1. The number of hydrogen-bond donors (Lipinski definition) is 1. The van der Waals surface area contributed by atoms with E-state index in [9.17, 15) is 14.7 Å². The molecule has 3 aliphatic heterocycles. The first-order valence-electron chi connectivity index (χ1n) is 11.7. The number of piperazine rings is 1. The van der Waals surface area contributed by atoms with E-state index >= 15 is 0 Å². The normalized spacial score (nSPS) is 29.7. The van der Waals surface area contributed by atoms with E-state index in [0.29, 0.717) is 25.9 Å². The zero-order valence-corrected chi connectivity index (χ0v) is 18.9. The molecule has 0 saturated carbocycles. The number of aliphatic hydroxyl groups is 1. The predicted molar refractivity (Wildman–Crippen MR) is 119 cm³/mol. The van der Waals surface area contributed by atoms with Crippen LogP contribution in [-0.4, -0.2) is 109 Å². The van der Waals surface area contributed by atoms with E-state index in [1.54, 1.807) is 4.90 Å². The molecule has 3 saturated heterocycles. The van der Waals surface area contributed by atoms with Gasteiger partial charge in [0.05, 0.1) is 44.3 Å². The van der Waals surface area contributed by atoms with Gasteiger partial charge in [-0.25, -0.2) is 0 Å². The molecule has 0 bridgehead atoms. The Hall–Kier alpha value is -2.00. The lowest BCUT2D eigenvalue weighted by Crippen LogP contribution is -2.58. The lowest BCUT2D eigenvalue weighted by atomic mass is 9.94. The highest BCUT2D eigenvalue weighted by molar-refractivity contribution is 5.79. The fourth-order valence-corrected chi connectivity index (χ4v) is 4.88. The van der Waals surface area contributed by atoms with E-state index in [-0.39, 0.29) is 43.2 Å². The van der Waals surface area contributed by atoms with Gasteiger partial charge < -0.3 is 29.3 Å². The van der Waals surface area contributed by atoms with Crippen molar-refractivity contribution in [1.82, 2.24) is 14.7 Å². The molecule has 0 radical (unpaired) electrons. The van der Waals surface area contributed by atoms with E-state index in [1.165, 1.54) is 0 Å². The summed E-state index contributed by atoms with van der Waals surface area (Å²) in [6.07, 6.45) is 0.945. The minimum atomic E-state index is -0.716. The lowest BCUT2D eigenvalue weighted by molar-refractivity contribution is -0.170. The number of benzene rings is 1. The standard InChI is InChI=1S/C24H35N3O5/c1-25-9-11-26(12-10-25)23(29)14-20-7-8-21-22(32-20)17-31-16-19(28)15-27(21)24(30)13-18-5-3-2-4-6-18/h2-6,19-22,28H,7-17H2,1H3/t19-,20-,21+,22-/m0/s1. The Morgan fingerprint density at radius 2 is 1.78 bits per heavy atom. The summed E-state index contributed by atoms with van der Waals surface area (Å²) in [6, 6.07) is 9.50. The number of β-amino-alcohol motifs (C(OH)–C–C–N with tert-alkyl or cyclic N) is 1. The maximum atomic E-state index is 13.2. The van der Waals surface area contributed by atoms with Crippen LogP contribution in [0.15, 0.2) is 30.3 Å². The van der Waals surface area contributed by atoms with E-state index in [4.69, 9.17) is 9.47 Å². The Kier molecular flexibility index (Phi) is 7.78. The maximum absolute atomic E-state index is 13.2. The van der Waals surface area contributed by atoms with Gasteiger partial charge in [0.15, 0.2) is 0 Å². The molecule has 4 rings (SSSR count). The minimum absolute atomic E-state index is 0.0114. The zero-order valence-electron chi connectivity index (χ0n) is 18.9. The number of hydrogen-bond acceptors (Lipinski definition) is 6. The van der Waals surface area contributed by atoms with Gasteiger partial charge in [0.1, 0.15) is 6.10 Å². The summed E-state index contributed by atoms with van der Waals surface area (Å²) < 4.78 is 12.0. The first-order valence-corrected chi connectivity index (χ1v) is 11.7. The molecule has 8 nitrogen and oxygen atoms in total. The molecule has 2 amide bonds. The number of carbonyl (C=O) groups is 2. The summed E-state index contributed by atoms with van der Waals surface area (Å²) >= 11 is 0. The molecule has 1 N–H and O–H groups in total. The fourth-order valence-electron chi connectivity index (χ4n) is 4.88. The van der Waals surface area contributed by atoms with E-state index in [2.05, 4.69) is 11.9 Å². The van der Waals surface area contributed by atoms with Gasteiger partial charge in [0.25, 0.3) is 0 Å². The Morgan fingerprint density at radius 3 is 2.53 bits per heavy atom. The second-order valence-corrected chi connectivity index (χ2v) is 9.23. The third-order valence-electron chi connectivity index (χ3n) is 6.76. The van der Waals surface area contributed by atoms with Crippen LogP contribution >= 0.6 is 0 Å². The second kappa shape index (κ2) is 10.7. The van der Waals surface area contributed by atoms with Crippen LogP contribution in [0.3, 0.4) is 0 Å². The first kappa shape index (κ1) is 23.2. The number of rotatable bonds is 4. The number of amides is 2. The van der Waals surface area contributed by atoms with Crippen molar-refractivity contribution in [3.63, 3.8) is 0 Å². The molecule has 3 aliphatic rings. The van der Waals surface area contributed by atoms with Gasteiger partial charge in [-0.05, 0) is 25.5 Å². The molecular weight excluding hydrogens is 410 g/mol. The quantitative estimate of drug-likeness (QED) is 0.728. The molecule has 8 heteroatoms. The number of likely N-dealkylation sites (N-methyl/N-ethyl adjacent to an activating group) is 1. The van der Waals surface area contributed by atoms with Crippen LogP contribution in [0.4, 0.5) is 0 Å². The van der Waals surface area contributed by atoms with Crippen molar-refractivity contribution in [1.29, 1.82) is 0 Å². The Bertz CT molecular complexity index is 768. The molecule has 32 heavy (non-hydrogen) atoms. The Morgan fingerprint density at radius 1 is 1.03 bits per heavy atom. The average Bonchev–Trinajstić information content (AvgIpc) is 2.78. The molecule has 3 fully saturated rings. The van der Waals surface area contributed by atoms with Crippen LogP contribution < -0.4 is 0 Å². The van der Waals surface area contributed by atoms with Gasteiger partial charge in [0, 0.05) is 32.7 Å². The van der Waals surface area contributed by atoms with Crippen molar-refractivity contribution in [2.45, 2.75) is 50.0 Å². The number of carbonyl (C=O) groups excluding carboxylic acids is 2. The van der Waals surface area contributed by atoms with Crippen molar-refractivity contribution in [2.75, 3.05) is 53.0 Å². The Labute approximate surface area is 190 Å². The van der Waals surface area contributed by atoms with Crippen LogP contribution in [0.25, 0.3) is 0 Å². The largest absolute Gasteiger partial charge is 0.389 e. The molecule has 1 aromatic rings. The second-order valence-electron chi connectivity index (χ2n) is 9.23. The van der Waals surface area contributed by atoms with Gasteiger partial charge in [-0.1, -0.05) is 30.3 Å². The summed E-state index contributed by atoms with van der Waals surface area (Å²) in [5.41, 5.74) is 0.953. The molecular formula is C24H35N3O5. The summed E-state index contributed by atoms with van der Waals surface area (Å²) in [5, 5.41) is 10.3. The van der Waals surface area contributed by atoms with E-state index in [0.717, 1.165) is 38.2 Å². The number of ether oxygens (including phenoxy) is 2. The topological polar surface area (TPSA) is 82.6 Å². The van der Waals surface area contributed by atoms with Crippen LogP contribution in [0, 0.1) is 0 Å². The van der Waals surface area contributed by atoms with Crippen molar-refractivity contribution >= 4 is 11.8 Å². The van der Waals surface area contributed by atoms with Gasteiger partial charge in [-0.2, -0.15) is 0 Å². The van der Waals surface area contributed by atoms with Gasteiger partial charge >= 0.3 is 0 Å². The fraction of sp³-hybridized carbons (Fsp3) is 0.667. The van der Waals surface area contributed by atoms with Gasteiger partial charge in [-0.15, -0.1) is 0 Å². The van der Waals surface area contributed by atoms with E-state index in [1.807, 2.05) is 35.2 Å². The smallest absolute Gasteiger partial charge is 0.227 e. The van der Waals surface area contributed by atoms with Gasteiger partial charge in [-0.3, -0.25) is 9.59 Å². The third kappa shape index (κ3) is 5.86. The van der Waals surface area contributed by atoms with Crippen LogP contribution in [0.2, 0.25) is 0 Å². The highest BCUT2D eigenvalue weighted by Crippen LogP contribution is 2.28. The van der Waals surface area contributed by atoms with Crippen molar-refractivity contribution in [3.05, 3.63) is 35.9 Å². The van der Waals surface area contributed by atoms with Crippen molar-refractivity contribution in [3.8, 4) is 0 Å². The summed E-state index contributed by atoms with van der Waals surface area (Å²) in [4.78, 5) is 31.9. The third-order valence-corrected chi connectivity index (χ3v) is 6.76. The summed E-state index contributed by atoms with van der Waals surface area (Å²) in [6.45, 7) is 4.05. The number of nitrogens with zero attached hydrogens (tertiary/aromatic N) is 3. The van der Waals surface area contributed by atoms with Crippen LogP contribution in [-0.2, 0) is 25.5 Å². The lowest BCUT2D eigenvalue weighted by Gasteiger charge is -2.44. The molecule has 176 valence electrons. The Balaban J connectivity index is 1.38. The summed E-state index contributed by atoms with van der Waals surface area (Å²) in [7, 11) is 2.07. The molecule has 1 aromatic carbocycles. The highest BCUT2D eigenvalue weighted by Gasteiger charge is 2.40. The summed E-state index contributed by atoms with van der Waals surface area (Å²) in [5.74, 6) is 0.128. The molecule has 0 spiro atoms. The molecule has 3 heterocycles. The highest BCUT2D eigenvalue weighted by atomic mass is 16.5. The molecule has 4 atom stereocenters. The zero-order chi connectivity index (χ0) is 22.5. The van der Waals surface area contributed by atoms with E-state index < -0.39 is 6.10 Å². The van der Waals surface area contributed by atoms with Crippen molar-refractivity contribution in [2.24, 2.45) is 0 Å². The van der Waals surface area contributed by atoms with Crippen LogP contribution in [0.5, 0.6) is 0 Å². The average molecular weight is 446 g/mol. The molecule has 0 unspecified atom stereocenters. The maximum Gasteiger partial charge on any atom is 0.227 e. The predicted octanol–water partition coefficient (Wildman–Crippen LogP) is 0.529. The minimum Gasteiger partial charge on any atom is -0.389 e. The molecule has 0 aliphatic carbocycles. The van der Waals surface area contributed by atoms with Crippen LogP contribution in [0.1, 0.15) is 24.8 Å². The van der Waals surface area contributed by atoms with Crippen molar-refractivity contribution < 1.29 is 24.2 Å².